The summed E-state index contributed by atoms with van der Waals surface area (Å²) in [5.74, 6) is -0.0548. The van der Waals surface area contributed by atoms with Crippen molar-refractivity contribution in [3.8, 4) is 6.07 Å². The van der Waals surface area contributed by atoms with E-state index in [1.807, 2.05) is 13.0 Å². The van der Waals surface area contributed by atoms with Gasteiger partial charge in [-0.25, -0.2) is 8.42 Å². The smallest absolute Gasteiger partial charge is 0.206 e. The van der Waals surface area contributed by atoms with E-state index in [1.165, 1.54) is 11.3 Å². The molecule has 0 radical (unpaired) electrons. The van der Waals surface area contributed by atoms with Crippen LogP contribution in [0.25, 0.3) is 0 Å². The van der Waals surface area contributed by atoms with Gasteiger partial charge in [-0.2, -0.15) is 9.98 Å². The van der Waals surface area contributed by atoms with Gasteiger partial charge in [0.2, 0.25) is 0 Å². The van der Waals surface area contributed by atoms with Gasteiger partial charge in [-0.1, -0.05) is 13.8 Å². The maximum Gasteiger partial charge on any atom is 0.251 e. The van der Waals surface area contributed by atoms with Crippen LogP contribution in [0.5, 0.6) is 0 Å². The number of aryl methyl sites for hydroxylation is 1. The Balaban J connectivity index is 2.93. The van der Waals surface area contributed by atoms with Gasteiger partial charge in [0, 0.05) is 4.88 Å². The van der Waals surface area contributed by atoms with Gasteiger partial charge in [-0.05, 0) is 25.0 Å². The lowest BCUT2D eigenvalue weighted by atomic mass is 10.1. The van der Waals surface area contributed by atoms with Crippen molar-refractivity contribution in [2.45, 2.75) is 31.0 Å². The molecule has 88 valence electrons. The molecule has 0 amide bonds. The zero-order valence-corrected chi connectivity index (χ0v) is 11.0. The topological polar surface area (TPSA) is 70.0 Å². The lowest BCUT2D eigenvalue weighted by Crippen LogP contribution is -2.36. The van der Waals surface area contributed by atoms with Gasteiger partial charge in [0.05, 0.1) is 6.07 Å². The summed E-state index contributed by atoms with van der Waals surface area (Å²) in [7, 11) is -3.55. The summed E-state index contributed by atoms with van der Waals surface area (Å²) < 4.78 is 26.4. The average molecular weight is 258 g/mol. The molecule has 0 fully saturated rings. The number of rotatable bonds is 4. The second-order valence-corrected chi connectivity index (χ2v) is 7.07. The van der Waals surface area contributed by atoms with E-state index in [9.17, 15) is 8.42 Å². The van der Waals surface area contributed by atoms with Crippen LogP contribution in [0, 0.1) is 24.2 Å². The highest BCUT2D eigenvalue weighted by molar-refractivity contribution is 7.91. The van der Waals surface area contributed by atoms with Gasteiger partial charge in [-0.3, -0.25) is 0 Å². The van der Waals surface area contributed by atoms with E-state index in [1.54, 1.807) is 26.0 Å². The van der Waals surface area contributed by atoms with Crippen LogP contribution in [-0.4, -0.2) is 14.5 Å². The van der Waals surface area contributed by atoms with Crippen LogP contribution >= 0.6 is 11.3 Å². The van der Waals surface area contributed by atoms with Crippen molar-refractivity contribution >= 4 is 21.4 Å². The van der Waals surface area contributed by atoms with Crippen LogP contribution in [0.15, 0.2) is 16.3 Å². The first-order chi connectivity index (χ1) is 7.36. The maximum atomic E-state index is 11.9. The third kappa shape index (κ3) is 3.04. The summed E-state index contributed by atoms with van der Waals surface area (Å²) in [6, 6.07) is 4.56. The molecule has 16 heavy (non-hydrogen) atoms. The van der Waals surface area contributed by atoms with Gasteiger partial charge >= 0.3 is 0 Å². The van der Waals surface area contributed by atoms with Crippen LogP contribution in [0.3, 0.4) is 0 Å². The van der Waals surface area contributed by atoms with Crippen molar-refractivity contribution < 1.29 is 8.42 Å². The van der Waals surface area contributed by atoms with Gasteiger partial charge in [-0.15, -0.1) is 11.3 Å². The number of hydrogen-bond donors (Lipinski definition) is 1. The van der Waals surface area contributed by atoms with Gasteiger partial charge < -0.3 is 0 Å². The predicted molar refractivity (Wildman–Crippen MR) is 63.6 cm³/mol. The number of nitrogens with one attached hydrogen (secondary N) is 1. The van der Waals surface area contributed by atoms with Gasteiger partial charge in [0.25, 0.3) is 10.0 Å². The molecule has 0 aliphatic carbocycles. The van der Waals surface area contributed by atoms with E-state index in [0.29, 0.717) is 0 Å². The summed E-state index contributed by atoms with van der Waals surface area (Å²) in [5.41, 5.74) is 0. The first-order valence-electron chi connectivity index (χ1n) is 4.85. The lowest BCUT2D eigenvalue weighted by molar-refractivity contribution is 0.516. The number of thiophene rings is 1. The molecule has 1 N–H and O–H groups in total. The fraction of sp³-hybridized carbons (Fsp3) is 0.500. The van der Waals surface area contributed by atoms with Crippen LogP contribution < -0.4 is 4.72 Å². The molecule has 4 nitrogen and oxygen atoms in total. The van der Waals surface area contributed by atoms with Crippen molar-refractivity contribution in [1.82, 2.24) is 4.72 Å². The van der Waals surface area contributed by atoms with Crippen LogP contribution in [0.1, 0.15) is 18.7 Å². The molecule has 0 bridgehead atoms. The molecule has 0 aliphatic rings. The van der Waals surface area contributed by atoms with E-state index in [-0.39, 0.29) is 10.1 Å². The minimum atomic E-state index is -3.55. The van der Waals surface area contributed by atoms with Crippen molar-refractivity contribution in [3.05, 3.63) is 17.0 Å². The normalized spacial score (nSPS) is 13.7. The lowest BCUT2D eigenvalue weighted by Gasteiger charge is -2.13. The molecule has 1 rings (SSSR count). The second kappa shape index (κ2) is 4.95. The number of hydrogen-bond acceptors (Lipinski definition) is 4. The van der Waals surface area contributed by atoms with E-state index >= 15 is 0 Å². The Labute approximate surface area is 100.0 Å². The van der Waals surface area contributed by atoms with E-state index in [4.69, 9.17) is 5.26 Å². The van der Waals surface area contributed by atoms with E-state index in [2.05, 4.69) is 4.72 Å². The van der Waals surface area contributed by atoms with Crippen LogP contribution in [-0.2, 0) is 10.0 Å². The summed E-state index contributed by atoms with van der Waals surface area (Å²) in [5, 5.41) is 8.84. The van der Waals surface area contributed by atoms with Crippen molar-refractivity contribution in [2.75, 3.05) is 0 Å². The number of sulfonamides is 1. The summed E-state index contributed by atoms with van der Waals surface area (Å²) in [4.78, 5) is 0.929. The first-order valence-corrected chi connectivity index (χ1v) is 7.15. The van der Waals surface area contributed by atoms with Crippen LogP contribution in [0.2, 0.25) is 0 Å². The minimum Gasteiger partial charge on any atom is -0.206 e. The van der Waals surface area contributed by atoms with Crippen LogP contribution in [0.4, 0.5) is 0 Å². The Bertz CT molecular complexity index is 497. The monoisotopic (exact) mass is 258 g/mol. The zero-order valence-electron chi connectivity index (χ0n) is 9.39. The first kappa shape index (κ1) is 13.2. The molecular formula is C10H14N2O2S2. The maximum absolute atomic E-state index is 11.9. The summed E-state index contributed by atoms with van der Waals surface area (Å²) >= 11 is 1.20. The van der Waals surface area contributed by atoms with Gasteiger partial charge in [0.15, 0.2) is 0 Å². The highest BCUT2D eigenvalue weighted by Gasteiger charge is 2.23. The molecule has 1 atom stereocenters. The Hall–Kier alpha value is -0.900. The van der Waals surface area contributed by atoms with Gasteiger partial charge in [0.1, 0.15) is 10.3 Å². The standard InChI is InChI=1S/C10H14N2O2S2/c1-7(2)9(6-11)12-16(13,14)10-5-4-8(3)15-10/h4-5,7,9,12H,1-3H3. The molecule has 0 saturated heterocycles. The SMILES string of the molecule is Cc1ccc(S(=O)(=O)NC(C#N)C(C)C)s1. The van der Waals surface area contributed by atoms with Crippen molar-refractivity contribution in [1.29, 1.82) is 5.26 Å². The Morgan fingerprint density at radius 3 is 2.44 bits per heavy atom. The Morgan fingerprint density at radius 2 is 2.06 bits per heavy atom. The summed E-state index contributed by atoms with van der Waals surface area (Å²) in [6.07, 6.45) is 0. The number of nitrogens with zero attached hydrogens (tertiary/aromatic N) is 1. The Kier molecular flexibility index (Phi) is 4.08. The number of nitriles is 1. The molecule has 6 heteroatoms. The third-order valence-electron chi connectivity index (χ3n) is 2.07. The fourth-order valence-electron chi connectivity index (χ4n) is 1.09. The summed E-state index contributed by atoms with van der Waals surface area (Å²) in [6.45, 7) is 5.44. The zero-order chi connectivity index (χ0) is 12.3. The highest BCUT2D eigenvalue weighted by Crippen LogP contribution is 2.21. The highest BCUT2D eigenvalue weighted by atomic mass is 32.2. The molecular weight excluding hydrogens is 244 g/mol. The molecule has 0 spiro atoms. The van der Waals surface area contributed by atoms with Crippen molar-refractivity contribution in [3.63, 3.8) is 0 Å². The van der Waals surface area contributed by atoms with E-state index in [0.717, 1.165) is 4.88 Å². The molecule has 0 saturated carbocycles. The van der Waals surface area contributed by atoms with E-state index < -0.39 is 16.1 Å². The molecule has 1 heterocycles. The molecule has 1 unspecified atom stereocenters. The molecule has 1 aromatic heterocycles. The average Bonchev–Trinajstić information content (AvgIpc) is 2.61. The predicted octanol–water partition coefficient (Wildman–Crippen LogP) is 1.88. The minimum absolute atomic E-state index is 0.0548. The Morgan fingerprint density at radius 1 is 1.44 bits per heavy atom. The quantitative estimate of drug-likeness (QED) is 0.896. The molecule has 0 aromatic carbocycles. The molecule has 1 aromatic rings. The molecule has 0 aliphatic heterocycles. The largest absolute Gasteiger partial charge is 0.251 e. The third-order valence-corrected chi connectivity index (χ3v) is 5.00. The second-order valence-electron chi connectivity index (χ2n) is 3.84. The fourth-order valence-corrected chi connectivity index (χ4v) is 3.68. The van der Waals surface area contributed by atoms with Crippen molar-refractivity contribution in [2.24, 2.45) is 5.92 Å².